The number of fused-ring (bicyclic) bond motifs is 2. The van der Waals surface area contributed by atoms with E-state index in [9.17, 15) is 0 Å². The van der Waals surface area contributed by atoms with Crippen molar-refractivity contribution in [2.75, 3.05) is 0 Å². The molecule has 0 aliphatic carbocycles. The predicted octanol–water partition coefficient (Wildman–Crippen LogP) is 30.6. The summed E-state index contributed by atoms with van der Waals surface area (Å²) in [4.78, 5) is 0. The van der Waals surface area contributed by atoms with Crippen molar-refractivity contribution in [2.24, 2.45) is 0 Å². The SMILES string of the molecule is Cc1c(C)c(C)c(-c2c(C)c(C)c(C)c(C)c2C)c(C)c1C.Cc1c(C)c(C)c(-c2c(C)c(C)c(C)c(C)c2C)c(C)c1C.Cc1c(C)c(C)c(C)c(C)c1C.Cc1c(C)c(C)c(C)c(C)c1C.Cc1c(C)c(C)c2c(C)c(C)c(C)c(C)c2c1C.Cc1c(C)c(C)c2c(C)c(C)c(C)c(C)c2c1C. The van der Waals surface area contributed by atoms with Gasteiger partial charge in [0, 0.05) is 0 Å². The van der Waals surface area contributed by atoms with Gasteiger partial charge in [-0.05, 0) is 643 Å². The Morgan fingerprint density at radius 2 is 0.106 bits per heavy atom. The minimum atomic E-state index is 1.44. The Hall–Kier alpha value is -7.28. The second-order valence-corrected chi connectivity index (χ2v) is 33.0. The molecule has 0 spiro atoms. The van der Waals surface area contributed by atoms with Gasteiger partial charge in [0.2, 0.25) is 0 Å². The van der Waals surface area contributed by atoms with E-state index in [0.29, 0.717) is 0 Å². The van der Waals surface area contributed by atoms with E-state index in [1.807, 2.05) is 0 Å². The molecule has 560 valence electrons. The van der Waals surface area contributed by atoms with Crippen molar-refractivity contribution in [1.82, 2.24) is 0 Å². The Balaban J connectivity index is 0.000000227. The standard InChI is InChI=1S/2C22H30.2C18H24.2C12H18/c2*1-11-13(3)17(7)21(18(8)14(11)4)22-19(9)15(5)12(2)16(6)20(22)10;2*1-9-10(2)14(6)18-16(8)12(4)11(3)15(7)17(18)13(9)5;2*1-7-8(2)10(4)12(6)11(5)9(7)3/h2*1-10H3;2*1-8H3;2*1-6H3. The van der Waals surface area contributed by atoms with Crippen LogP contribution in [0.5, 0.6) is 0 Å². The highest BCUT2D eigenvalue weighted by atomic mass is 14.3. The molecule has 0 N–H and O–H groups in total. The molecule has 0 radical (unpaired) electrons. The summed E-state index contributed by atoms with van der Waals surface area (Å²) in [5.41, 5.74) is 75.3. The molecule has 0 heterocycles. The molecule has 0 saturated heterocycles. The van der Waals surface area contributed by atoms with E-state index in [4.69, 9.17) is 0 Å². The van der Waals surface area contributed by atoms with Crippen LogP contribution in [0.25, 0.3) is 43.8 Å². The van der Waals surface area contributed by atoms with Crippen LogP contribution >= 0.6 is 0 Å². The van der Waals surface area contributed by atoms with Crippen LogP contribution < -0.4 is 0 Å². The van der Waals surface area contributed by atoms with Crippen molar-refractivity contribution >= 4 is 21.5 Å². The summed E-state index contributed by atoms with van der Waals surface area (Å²) >= 11 is 0. The molecule has 0 aromatic heterocycles. The smallest absolute Gasteiger partial charge is 0.0114 e. The van der Waals surface area contributed by atoms with E-state index in [2.05, 4.69) is 332 Å². The van der Waals surface area contributed by atoms with Crippen molar-refractivity contribution in [3.05, 3.63) is 267 Å². The number of rotatable bonds is 2. The molecule has 0 nitrogen and oxygen atoms in total. The molecule has 0 atom stereocenters. The summed E-state index contributed by atoms with van der Waals surface area (Å²) < 4.78 is 0. The van der Waals surface area contributed by atoms with Gasteiger partial charge in [0.05, 0.1) is 0 Å². The topological polar surface area (TPSA) is 0 Å². The van der Waals surface area contributed by atoms with E-state index in [0.717, 1.165) is 0 Å². The third-order valence-corrected chi connectivity index (χ3v) is 29.5. The zero-order chi connectivity index (χ0) is 80.3. The van der Waals surface area contributed by atoms with Crippen molar-refractivity contribution in [2.45, 2.75) is 332 Å². The van der Waals surface area contributed by atoms with Gasteiger partial charge in [0.25, 0.3) is 0 Å². The highest BCUT2D eigenvalue weighted by molar-refractivity contribution is 5.98. The average molecular weight is 1390 g/mol. The largest absolute Gasteiger partial charge is 0.0447 e. The molecule has 0 heteroatoms. The Labute approximate surface area is 639 Å². The molecular formula is C104H144. The molecule has 0 fully saturated rings. The molecule has 104 heavy (non-hydrogen) atoms. The predicted molar refractivity (Wildman–Crippen MR) is 472 cm³/mol. The molecule has 0 amide bonds. The number of hydrogen-bond acceptors (Lipinski definition) is 0. The van der Waals surface area contributed by atoms with Crippen LogP contribution in [0, 0.1) is 332 Å². The van der Waals surface area contributed by atoms with Gasteiger partial charge < -0.3 is 0 Å². The van der Waals surface area contributed by atoms with Gasteiger partial charge in [-0.15, -0.1) is 0 Å². The molecule has 0 aliphatic rings. The second kappa shape index (κ2) is 33.2. The van der Waals surface area contributed by atoms with E-state index in [1.165, 1.54) is 311 Å². The summed E-state index contributed by atoms with van der Waals surface area (Å²) in [7, 11) is 0. The molecule has 10 aromatic carbocycles. The summed E-state index contributed by atoms with van der Waals surface area (Å²) in [6.07, 6.45) is 0. The summed E-state index contributed by atoms with van der Waals surface area (Å²) in [5.74, 6) is 0. The lowest BCUT2D eigenvalue weighted by molar-refractivity contribution is 1.13. The Bertz CT molecular complexity index is 4120. The van der Waals surface area contributed by atoms with Gasteiger partial charge >= 0.3 is 0 Å². The third kappa shape index (κ3) is 15.4. The van der Waals surface area contributed by atoms with E-state index in [1.54, 1.807) is 0 Å². The zero-order valence-electron chi connectivity index (χ0n) is 76.0. The van der Waals surface area contributed by atoms with Crippen molar-refractivity contribution in [3.8, 4) is 22.3 Å². The Morgan fingerprint density at radius 3 is 0.173 bits per heavy atom. The Kier molecular flexibility index (Phi) is 27.9. The third-order valence-electron chi connectivity index (χ3n) is 29.5. The highest BCUT2D eigenvalue weighted by Crippen LogP contribution is 2.44. The van der Waals surface area contributed by atoms with Gasteiger partial charge in [-0.3, -0.25) is 0 Å². The lowest BCUT2D eigenvalue weighted by Gasteiger charge is -2.25. The molecule has 0 bridgehead atoms. The molecule has 0 aliphatic heterocycles. The fraction of sp³-hybridized carbons (Fsp3) is 0.462. The van der Waals surface area contributed by atoms with E-state index >= 15 is 0 Å². The van der Waals surface area contributed by atoms with E-state index in [-0.39, 0.29) is 0 Å². The number of aryl methyl sites for hydroxylation is 8. The summed E-state index contributed by atoms with van der Waals surface area (Å²) in [6, 6.07) is 0. The summed E-state index contributed by atoms with van der Waals surface area (Å²) in [6.45, 7) is 108. The van der Waals surface area contributed by atoms with Crippen LogP contribution in [-0.2, 0) is 0 Å². The lowest BCUT2D eigenvalue weighted by Crippen LogP contribution is -2.05. The van der Waals surface area contributed by atoms with Gasteiger partial charge in [-0.1, -0.05) is 0 Å². The first kappa shape index (κ1) is 87.4. The zero-order valence-corrected chi connectivity index (χ0v) is 76.0. The first-order chi connectivity index (χ1) is 47.7. The highest BCUT2D eigenvalue weighted by Gasteiger charge is 2.24. The number of hydrogen-bond donors (Lipinski definition) is 0. The fourth-order valence-electron chi connectivity index (χ4n) is 17.2. The van der Waals surface area contributed by atoms with Crippen LogP contribution in [0.3, 0.4) is 0 Å². The van der Waals surface area contributed by atoms with Crippen molar-refractivity contribution in [3.63, 3.8) is 0 Å². The van der Waals surface area contributed by atoms with Crippen LogP contribution in [0.4, 0.5) is 0 Å². The first-order valence-corrected chi connectivity index (χ1v) is 39.0. The maximum absolute atomic E-state index is 2.29. The van der Waals surface area contributed by atoms with Crippen LogP contribution in [0.15, 0.2) is 0 Å². The van der Waals surface area contributed by atoms with E-state index < -0.39 is 0 Å². The minimum absolute atomic E-state index is 1.44. The molecule has 10 aromatic rings. The van der Waals surface area contributed by atoms with Gasteiger partial charge in [0.1, 0.15) is 0 Å². The quantitative estimate of drug-likeness (QED) is 0.162. The summed E-state index contributed by atoms with van der Waals surface area (Å²) in [5, 5.41) is 5.93. The monoisotopic (exact) mass is 1390 g/mol. The normalized spacial score (nSPS) is 11.1. The maximum atomic E-state index is 2.29. The van der Waals surface area contributed by atoms with Gasteiger partial charge in [-0.25, -0.2) is 0 Å². The lowest BCUT2D eigenvalue weighted by atomic mass is 9.80. The van der Waals surface area contributed by atoms with Crippen LogP contribution in [0.1, 0.15) is 267 Å². The van der Waals surface area contributed by atoms with Crippen molar-refractivity contribution < 1.29 is 0 Å². The first-order valence-electron chi connectivity index (χ1n) is 39.0. The van der Waals surface area contributed by atoms with Gasteiger partial charge in [0.15, 0.2) is 0 Å². The number of benzene rings is 10. The second-order valence-electron chi connectivity index (χ2n) is 33.0. The van der Waals surface area contributed by atoms with Crippen LogP contribution in [-0.4, -0.2) is 0 Å². The van der Waals surface area contributed by atoms with Crippen molar-refractivity contribution in [1.29, 1.82) is 0 Å². The molecule has 10 rings (SSSR count). The fourth-order valence-corrected chi connectivity index (χ4v) is 17.2. The molecular weight excluding hydrogens is 1250 g/mol. The van der Waals surface area contributed by atoms with Crippen LogP contribution in [0.2, 0.25) is 0 Å². The maximum Gasteiger partial charge on any atom is -0.0114 e. The van der Waals surface area contributed by atoms with Gasteiger partial charge in [-0.2, -0.15) is 0 Å². The Morgan fingerprint density at radius 1 is 0.0577 bits per heavy atom. The average Bonchev–Trinajstić information content (AvgIpc) is 0.754. The minimum Gasteiger partial charge on any atom is -0.0447 e. The molecule has 0 unspecified atom stereocenters. The molecule has 0 saturated carbocycles.